The van der Waals surface area contributed by atoms with Crippen LogP contribution in [-0.2, 0) is 18.2 Å². The smallest absolute Gasteiger partial charge is 0.167 e. The lowest BCUT2D eigenvalue weighted by atomic mass is 10.1. The van der Waals surface area contributed by atoms with E-state index >= 15 is 0 Å². The van der Waals surface area contributed by atoms with Gasteiger partial charge in [0.2, 0.25) is 0 Å². The van der Waals surface area contributed by atoms with Crippen LogP contribution in [0.25, 0.3) is 11.2 Å². The summed E-state index contributed by atoms with van der Waals surface area (Å²) in [7, 11) is 1.85. The van der Waals surface area contributed by atoms with Crippen LogP contribution in [0.1, 0.15) is 11.8 Å². The summed E-state index contributed by atoms with van der Waals surface area (Å²) in [5.41, 5.74) is 2.95. The van der Waals surface area contributed by atoms with Crippen LogP contribution in [0.3, 0.4) is 0 Å². The van der Waals surface area contributed by atoms with Crippen LogP contribution in [-0.4, -0.2) is 65.9 Å². The van der Waals surface area contributed by atoms with Crippen molar-refractivity contribution in [2.45, 2.75) is 31.0 Å². The first-order chi connectivity index (χ1) is 13.6. The molecule has 9 heteroatoms. The molecule has 1 aromatic carbocycles. The highest BCUT2D eigenvalue weighted by Crippen LogP contribution is 2.30. The van der Waals surface area contributed by atoms with Crippen molar-refractivity contribution in [2.24, 2.45) is 12.0 Å². The highest BCUT2D eigenvalue weighted by molar-refractivity contribution is 5.69. The quantitative estimate of drug-likeness (QED) is 0.546. The lowest BCUT2D eigenvalue weighted by Gasteiger charge is -2.16. The maximum atomic E-state index is 10.3. The summed E-state index contributed by atoms with van der Waals surface area (Å²) in [4.78, 5) is 13.5. The Morgan fingerprint density at radius 2 is 1.89 bits per heavy atom. The van der Waals surface area contributed by atoms with Gasteiger partial charge in [0, 0.05) is 13.6 Å². The average Bonchev–Trinajstić information content (AvgIpc) is 3.26. The molecule has 0 radical (unpaired) electrons. The Bertz CT molecular complexity index is 1020. The minimum atomic E-state index is -1.19. The topological polar surface area (TPSA) is 118 Å². The predicted molar refractivity (Wildman–Crippen MR) is 100 cm³/mol. The molecule has 1 unspecified atom stereocenters. The van der Waals surface area contributed by atoms with Gasteiger partial charge in [0.05, 0.1) is 19.3 Å². The van der Waals surface area contributed by atoms with Crippen molar-refractivity contribution in [2.75, 3.05) is 13.2 Å². The van der Waals surface area contributed by atoms with E-state index in [1.807, 2.05) is 25.2 Å². The fraction of sp³-hybridized carbons (Fsp3) is 0.421. The van der Waals surface area contributed by atoms with E-state index in [2.05, 4.69) is 27.1 Å². The third-order valence-electron chi connectivity index (χ3n) is 4.96. The zero-order valence-electron chi connectivity index (χ0n) is 15.5. The maximum absolute atomic E-state index is 10.3. The van der Waals surface area contributed by atoms with Crippen LogP contribution in [0.15, 0.2) is 48.0 Å². The molecule has 1 aliphatic heterocycles. The van der Waals surface area contributed by atoms with E-state index in [-0.39, 0.29) is 6.61 Å². The van der Waals surface area contributed by atoms with Crippen molar-refractivity contribution in [3.05, 3.63) is 54.0 Å². The molecular weight excluding hydrogens is 362 g/mol. The molecule has 0 bridgehead atoms. The van der Waals surface area contributed by atoms with E-state index in [1.165, 1.54) is 11.9 Å². The van der Waals surface area contributed by atoms with Gasteiger partial charge < -0.3 is 24.6 Å². The number of aliphatic hydroxyl groups is 3. The monoisotopic (exact) mass is 385 g/mol. The number of rotatable bonds is 5. The first-order valence-electron chi connectivity index (χ1n) is 9.15. The zero-order chi connectivity index (χ0) is 19.7. The normalized spacial score (nSPS) is 25.6. The molecule has 0 aliphatic carbocycles. The average molecular weight is 385 g/mol. The van der Waals surface area contributed by atoms with Crippen LogP contribution < -0.4 is 5.49 Å². The van der Waals surface area contributed by atoms with Crippen LogP contribution in [0.4, 0.5) is 0 Å². The number of benzene rings is 1. The highest BCUT2D eigenvalue weighted by Gasteiger charge is 2.43. The molecule has 1 aliphatic rings. The van der Waals surface area contributed by atoms with Gasteiger partial charge in [-0.15, -0.1) is 0 Å². The maximum Gasteiger partial charge on any atom is 0.167 e. The second kappa shape index (κ2) is 7.80. The summed E-state index contributed by atoms with van der Waals surface area (Å²) in [6.45, 7) is 0.210. The van der Waals surface area contributed by atoms with Gasteiger partial charge in [-0.3, -0.25) is 9.56 Å². The number of fused-ring (bicyclic) bond motifs is 1. The Kier molecular flexibility index (Phi) is 5.23. The van der Waals surface area contributed by atoms with Crippen molar-refractivity contribution in [1.29, 1.82) is 0 Å². The van der Waals surface area contributed by atoms with Crippen molar-refractivity contribution in [3.8, 4) is 0 Å². The number of hydrogen-bond donors (Lipinski definition) is 3. The summed E-state index contributed by atoms with van der Waals surface area (Å²) in [6, 6.07) is 10.1. The molecule has 148 valence electrons. The van der Waals surface area contributed by atoms with Gasteiger partial charge >= 0.3 is 0 Å². The molecule has 0 amide bonds. The van der Waals surface area contributed by atoms with Gasteiger partial charge in [-0.1, -0.05) is 30.3 Å². The van der Waals surface area contributed by atoms with Gasteiger partial charge in [0.15, 0.2) is 22.9 Å². The number of aryl methyl sites for hydroxylation is 1. The summed E-state index contributed by atoms with van der Waals surface area (Å²) in [5.74, 6) is 0. The lowest BCUT2D eigenvalue weighted by Crippen LogP contribution is -2.33. The Morgan fingerprint density at radius 1 is 1.11 bits per heavy atom. The second-order valence-corrected chi connectivity index (χ2v) is 6.85. The van der Waals surface area contributed by atoms with Gasteiger partial charge in [-0.2, -0.15) is 0 Å². The molecule has 2 aromatic heterocycles. The summed E-state index contributed by atoms with van der Waals surface area (Å²) < 4.78 is 8.95. The fourth-order valence-corrected chi connectivity index (χ4v) is 3.42. The molecule has 0 saturated carbocycles. The SMILES string of the molecule is Cn1cnc2c(ncn2C2O[C@H](CO)[C@@H](O)[C@H]2O)c1=NCCc1ccccc1. The molecule has 3 N–H and O–H groups in total. The third kappa shape index (κ3) is 3.33. The number of hydrogen-bond acceptors (Lipinski definition) is 7. The molecule has 4 atom stereocenters. The van der Waals surface area contributed by atoms with Crippen molar-refractivity contribution < 1.29 is 20.1 Å². The van der Waals surface area contributed by atoms with Crippen LogP contribution in [0, 0.1) is 0 Å². The minimum absolute atomic E-state index is 0.385. The first kappa shape index (κ1) is 18.8. The molecule has 9 nitrogen and oxygen atoms in total. The first-order valence-corrected chi connectivity index (χ1v) is 9.15. The number of nitrogens with zero attached hydrogens (tertiary/aromatic N) is 5. The molecule has 0 spiro atoms. The molecular formula is C19H23N5O4. The Balaban J connectivity index is 1.66. The largest absolute Gasteiger partial charge is 0.394 e. The standard InChI is InChI=1S/C19H23N5O4/c1-23-10-22-18-14(17(23)20-8-7-12-5-3-2-4-6-12)21-11-24(18)19-16(27)15(26)13(9-25)28-19/h2-6,10-11,13,15-16,19,25-27H,7-9H2,1H3/t13-,15-,16-,19?/m1/s1. The number of ether oxygens (including phenoxy) is 1. The molecule has 1 fully saturated rings. The Hall–Kier alpha value is -2.59. The van der Waals surface area contributed by atoms with Crippen LogP contribution >= 0.6 is 0 Å². The lowest BCUT2D eigenvalue weighted by molar-refractivity contribution is -0.0511. The molecule has 4 rings (SSSR count). The number of aromatic nitrogens is 4. The van der Waals surface area contributed by atoms with Gasteiger partial charge in [0.1, 0.15) is 18.3 Å². The van der Waals surface area contributed by atoms with Gasteiger partial charge in [-0.05, 0) is 12.0 Å². The van der Waals surface area contributed by atoms with Gasteiger partial charge in [0.25, 0.3) is 0 Å². The van der Waals surface area contributed by atoms with E-state index in [0.29, 0.717) is 23.2 Å². The van der Waals surface area contributed by atoms with Crippen LogP contribution in [0.2, 0.25) is 0 Å². The number of aliphatic hydroxyl groups excluding tert-OH is 3. The Labute approximate surface area is 161 Å². The second-order valence-electron chi connectivity index (χ2n) is 6.85. The fourth-order valence-electron chi connectivity index (χ4n) is 3.42. The molecule has 1 saturated heterocycles. The Morgan fingerprint density at radius 3 is 2.61 bits per heavy atom. The van der Waals surface area contributed by atoms with E-state index in [4.69, 9.17) is 4.74 Å². The number of imidazole rings is 1. The molecule has 3 heterocycles. The summed E-state index contributed by atoms with van der Waals surface area (Å²) in [6.07, 6.45) is -0.162. The molecule has 28 heavy (non-hydrogen) atoms. The summed E-state index contributed by atoms with van der Waals surface area (Å²) in [5, 5.41) is 29.6. The third-order valence-corrected chi connectivity index (χ3v) is 4.96. The van der Waals surface area contributed by atoms with Crippen LogP contribution in [0.5, 0.6) is 0 Å². The zero-order valence-corrected chi connectivity index (χ0v) is 15.5. The minimum Gasteiger partial charge on any atom is -0.394 e. The van der Waals surface area contributed by atoms with Crippen molar-refractivity contribution in [1.82, 2.24) is 19.1 Å². The predicted octanol–water partition coefficient (Wildman–Crippen LogP) is -0.475. The van der Waals surface area contributed by atoms with E-state index < -0.39 is 24.5 Å². The molecule has 3 aromatic rings. The highest BCUT2D eigenvalue weighted by atomic mass is 16.6. The summed E-state index contributed by atoms with van der Waals surface area (Å²) >= 11 is 0. The van der Waals surface area contributed by atoms with Crippen molar-refractivity contribution >= 4 is 11.2 Å². The van der Waals surface area contributed by atoms with E-state index in [9.17, 15) is 15.3 Å². The van der Waals surface area contributed by atoms with Crippen molar-refractivity contribution in [3.63, 3.8) is 0 Å². The van der Waals surface area contributed by atoms with E-state index in [0.717, 1.165) is 6.42 Å². The van der Waals surface area contributed by atoms with Gasteiger partial charge in [-0.25, -0.2) is 9.97 Å². The van der Waals surface area contributed by atoms with E-state index in [1.54, 1.807) is 15.5 Å².